The lowest BCUT2D eigenvalue weighted by Gasteiger charge is -2.17. The summed E-state index contributed by atoms with van der Waals surface area (Å²) in [6.45, 7) is 5.42. The summed E-state index contributed by atoms with van der Waals surface area (Å²) in [6, 6.07) is 14.3. The van der Waals surface area contributed by atoms with Crippen molar-refractivity contribution in [2.45, 2.75) is 32.9 Å². The molecule has 1 amide bonds. The van der Waals surface area contributed by atoms with E-state index in [1.165, 1.54) is 13.8 Å². The van der Waals surface area contributed by atoms with Crippen molar-refractivity contribution in [3.63, 3.8) is 0 Å². The van der Waals surface area contributed by atoms with Crippen LogP contribution in [0.15, 0.2) is 54.6 Å². The van der Waals surface area contributed by atoms with E-state index in [0.717, 1.165) is 0 Å². The average molecular weight is 369 g/mol. The van der Waals surface area contributed by atoms with Gasteiger partial charge in [-0.25, -0.2) is 4.79 Å². The highest BCUT2D eigenvalue weighted by molar-refractivity contribution is 6.01. The van der Waals surface area contributed by atoms with Gasteiger partial charge in [-0.15, -0.1) is 0 Å². The highest BCUT2D eigenvalue weighted by Crippen LogP contribution is 2.14. The molecule has 142 valence electrons. The molecule has 1 N–H and O–H groups in total. The first-order valence-electron chi connectivity index (χ1n) is 8.75. The number of rotatable bonds is 8. The number of hydrogen-bond donors (Lipinski definition) is 1. The molecule has 2 unspecified atom stereocenters. The summed E-state index contributed by atoms with van der Waals surface area (Å²) in [5.41, 5.74) is 0.857. The van der Waals surface area contributed by atoms with Crippen LogP contribution in [0.1, 0.15) is 41.5 Å². The third kappa shape index (κ3) is 5.67. The Morgan fingerprint density at radius 1 is 0.926 bits per heavy atom. The molecule has 0 aliphatic rings. The maximum atomic E-state index is 12.4. The van der Waals surface area contributed by atoms with Gasteiger partial charge in [-0.1, -0.05) is 18.2 Å². The van der Waals surface area contributed by atoms with Crippen molar-refractivity contribution in [2.75, 3.05) is 6.61 Å². The Bertz CT molecular complexity index is 786. The highest BCUT2D eigenvalue weighted by atomic mass is 16.5. The molecule has 0 saturated heterocycles. The van der Waals surface area contributed by atoms with Crippen LogP contribution >= 0.6 is 0 Å². The summed E-state index contributed by atoms with van der Waals surface area (Å²) in [5, 5.41) is 2.56. The lowest BCUT2D eigenvalue weighted by atomic mass is 10.1. The second-order valence-corrected chi connectivity index (χ2v) is 5.96. The fourth-order valence-electron chi connectivity index (χ4n) is 2.38. The van der Waals surface area contributed by atoms with Crippen LogP contribution in [0, 0.1) is 0 Å². The van der Waals surface area contributed by atoms with E-state index < -0.39 is 18.1 Å². The molecule has 2 rings (SSSR count). The van der Waals surface area contributed by atoms with Crippen LogP contribution in [-0.2, 0) is 9.53 Å². The van der Waals surface area contributed by atoms with Crippen LogP contribution in [0.3, 0.4) is 0 Å². The quantitative estimate of drug-likeness (QED) is 0.571. The lowest BCUT2D eigenvalue weighted by molar-refractivity contribution is -0.148. The van der Waals surface area contributed by atoms with Gasteiger partial charge in [0, 0.05) is 11.1 Å². The van der Waals surface area contributed by atoms with Gasteiger partial charge in [0.15, 0.2) is 6.10 Å². The second kappa shape index (κ2) is 9.52. The molecule has 0 bridgehead atoms. The molecule has 0 spiro atoms. The Morgan fingerprint density at radius 3 is 2.15 bits per heavy atom. The molecule has 2 atom stereocenters. The van der Waals surface area contributed by atoms with Crippen molar-refractivity contribution in [1.29, 1.82) is 0 Å². The van der Waals surface area contributed by atoms with E-state index in [0.29, 0.717) is 23.5 Å². The topological polar surface area (TPSA) is 81.7 Å². The Balaban J connectivity index is 1.91. The molecule has 0 saturated carbocycles. The van der Waals surface area contributed by atoms with Gasteiger partial charge in [-0.3, -0.25) is 9.59 Å². The molecule has 0 fully saturated rings. The molecule has 0 aliphatic heterocycles. The van der Waals surface area contributed by atoms with Gasteiger partial charge in [-0.2, -0.15) is 0 Å². The molecule has 2 aromatic carbocycles. The van der Waals surface area contributed by atoms with Crippen molar-refractivity contribution in [1.82, 2.24) is 5.32 Å². The molecular weight excluding hydrogens is 346 g/mol. The summed E-state index contributed by atoms with van der Waals surface area (Å²) in [4.78, 5) is 36.7. The first-order valence-corrected chi connectivity index (χ1v) is 8.75. The zero-order chi connectivity index (χ0) is 19.8. The summed E-state index contributed by atoms with van der Waals surface area (Å²) in [6.07, 6.45) is -0.966. The van der Waals surface area contributed by atoms with Crippen LogP contribution in [0.2, 0.25) is 0 Å². The number of ketones is 1. The number of Topliss-reactive ketones (excluding diaryl/α,β-unsaturated/α-hetero) is 1. The van der Waals surface area contributed by atoms with Crippen molar-refractivity contribution in [2.24, 2.45) is 0 Å². The van der Waals surface area contributed by atoms with Gasteiger partial charge in [0.25, 0.3) is 5.91 Å². The number of hydrogen-bond acceptors (Lipinski definition) is 5. The van der Waals surface area contributed by atoms with E-state index in [2.05, 4.69) is 5.32 Å². The van der Waals surface area contributed by atoms with E-state index in [4.69, 9.17) is 9.47 Å². The van der Waals surface area contributed by atoms with Gasteiger partial charge in [-0.05, 0) is 57.2 Å². The van der Waals surface area contributed by atoms with E-state index >= 15 is 0 Å². The molecule has 0 aliphatic carbocycles. The fraction of sp³-hybridized carbons (Fsp3) is 0.286. The summed E-state index contributed by atoms with van der Waals surface area (Å²) in [5.74, 6) is -0.722. The third-order valence-electron chi connectivity index (χ3n) is 3.85. The second-order valence-electron chi connectivity index (χ2n) is 5.96. The largest absolute Gasteiger partial charge is 0.494 e. The predicted octanol–water partition coefficient (Wildman–Crippen LogP) is 3.02. The maximum absolute atomic E-state index is 12.4. The predicted molar refractivity (Wildman–Crippen MR) is 101 cm³/mol. The van der Waals surface area contributed by atoms with E-state index in [-0.39, 0.29) is 11.7 Å². The molecule has 6 heteroatoms. The van der Waals surface area contributed by atoms with Gasteiger partial charge in [0.2, 0.25) is 5.78 Å². The maximum Gasteiger partial charge on any atom is 0.329 e. The number of ether oxygens (including phenoxy) is 2. The third-order valence-corrected chi connectivity index (χ3v) is 3.85. The molecule has 2 aromatic rings. The van der Waals surface area contributed by atoms with Crippen LogP contribution in [-0.4, -0.2) is 36.4 Å². The van der Waals surface area contributed by atoms with Gasteiger partial charge in [0.1, 0.15) is 11.8 Å². The van der Waals surface area contributed by atoms with E-state index in [9.17, 15) is 14.4 Å². The van der Waals surface area contributed by atoms with Crippen LogP contribution in [0.5, 0.6) is 5.75 Å². The fourth-order valence-corrected chi connectivity index (χ4v) is 2.38. The number of amides is 1. The molecular formula is C21H23NO5. The number of carbonyl (C=O) groups excluding carboxylic acids is 3. The number of benzene rings is 2. The summed E-state index contributed by atoms with van der Waals surface area (Å²) >= 11 is 0. The van der Waals surface area contributed by atoms with Crippen molar-refractivity contribution < 1.29 is 23.9 Å². The van der Waals surface area contributed by atoms with Crippen molar-refractivity contribution in [3.05, 3.63) is 65.7 Å². The van der Waals surface area contributed by atoms with Gasteiger partial charge < -0.3 is 14.8 Å². The lowest BCUT2D eigenvalue weighted by Crippen LogP contribution is -2.41. The van der Waals surface area contributed by atoms with Crippen LogP contribution < -0.4 is 10.1 Å². The van der Waals surface area contributed by atoms with E-state index in [1.807, 2.05) is 6.92 Å². The number of esters is 1. The number of nitrogens with one attached hydrogen (secondary N) is 1. The molecule has 27 heavy (non-hydrogen) atoms. The average Bonchev–Trinajstić information content (AvgIpc) is 2.68. The SMILES string of the molecule is CCOc1ccc(C(=O)C(C)OC(=O)C(C)NC(=O)c2ccccc2)cc1. The monoisotopic (exact) mass is 369 g/mol. The zero-order valence-electron chi connectivity index (χ0n) is 15.6. The Hall–Kier alpha value is -3.15. The Kier molecular flexibility index (Phi) is 7.11. The molecule has 0 heterocycles. The Morgan fingerprint density at radius 2 is 1.56 bits per heavy atom. The Labute approximate surface area is 158 Å². The van der Waals surface area contributed by atoms with Gasteiger partial charge in [0.05, 0.1) is 6.61 Å². The molecule has 0 radical (unpaired) electrons. The number of carbonyl (C=O) groups is 3. The summed E-state index contributed by atoms with van der Waals surface area (Å²) < 4.78 is 10.5. The highest BCUT2D eigenvalue weighted by Gasteiger charge is 2.24. The standard InChI is InChI=1S/C21H23NO5/c1-4-26-18-12-10-16(11-13-18)19(23)15(3)27-21(25)14(2)22-20(24)17-8-6-5-7-9-17/h5-15H,4H2,1-3H3,(H,22,24). The van der Waals surface area contributed by atoms with Crippen LogP contribution in [0.4, 0.5) is 0 Å². The minimum Gasteiger partial charge on any atom is -0.494 e. The first-order chi connectivity index (χ1) is 12.9. The van der Waals surface area contributed by atoms with E-state index in [1.54, 1.807) is 54.6 Å². The minimum atomic E-state index is -0.966. The van der Waals surface area contributed by atoms with Gasteiger partial charge >= 0.3 is 5.97 Å². The smallest absolute Gasteiger partial charge is 0.329 e. The van der Waals surface area contributed by atoms with Crippen LogP contribution in [0.25, 0.3) is 0 Å². The molecule has 6 nitrogen and oxygen atoms in total. The normalized spacial score (nSPS) is 12.6. The van der Waals surface area contributed by atoms with Crippen molar-refractivity contribution in [3.8, 4) is 5.75 Å². The van der Waals surface area contributed by atoms with Crippen molar-refractivity contribution >= 4 is 17.7 Å². The molecule has 0 aromatic heterocycles. The zero-order valence-corrected chi connectivity index (χ0v) is 15.6. The minimum absolute atomic E-state index is 0.326. The first kappa shape index (κ1) is 20.2. The summed E-state index contributed by atoms with van der Waals surface area (Å²) in [7, 11) is 0.